The molecule has 4 heterocycles. The minimum atomic E-state index is 0.430. The number of rotatable bonds is 4. The van der Waals surface area contributed by atoms with Crippen LogP contribution in [-0.2, 0) is 0 Å². The maximum absolute atomic E-state index is 12.7. The van der Waals surface area contributed by atoms with Gasteiger partial charge in [0.2, 0.25) is 0 Å². The average Bonchev–Trinajstić information content (AvgIpc) is 4.15. The van der Waals surface area contributed by atoms with Gasteiger partial charge in [0.15, 0.2) is 0 Å². The van der Waals surface area contributed by atoms with E-state index in [0.29, 0.717) is 33.9 Å². The van der Waals surface area contributed by atoms with E-state index in [9.17, 15) is 10.5 Å². The Morgan fingerprint density at radius 2 is 0.471 bits per heavy atom. The molecule has 0 N–H and O–H groups in total. The minimum Gasteiger partial charge on any atom is -0.306 e. The van der Waals surface area contributed by atoms with Crippen molar-refractivity contribution in [2.45, 2.75) is 0 Å². The molecule has 70 heavy (non-hydrogen) atoms. The third-order valence-corrected chi connectivity index (χ3v) is 14.8. The molecule has 0 amide bonds. The summed E-state index contributed by atoms with van der Waals surface area (Å²) in [6.45, 7) is 0. The third-order valence-electron chi connectivity index (χ3n) is 14.8. The number of nitrogens with zero attached hydrogens (tertiary/aromatic N) is 6. The first kappa shape index (κ1) is 38.2. The summed E-state index contributed by atoms with van der Waals surface area (Å²) in [7, 11) is 0. The zero-order valence-corrected chi connectivity index (χ0v) is 37.5. The first-order valence-electron chi connectivity index (χ1n) is 23.6. The van der Waals surface area contributed by atoms with Crippen molar-refractivity contribution in [1.82, 2.24) is 18.3 Å². The second kappa shape index (κ2) is 14.3. The number of aromatic nitrogens is 4. The molecule has 0 spiro atoms. The molecule has 0 aliphatic rings. The van der Waals surface area contributed by atoms with Crippen molar-refractivity contribution in [3.05, 3.63) is 230 Å². The maximum atomic E-state index is 12.7. The van der Waals surface area contributed by atoms with E-state index in [4.69, 9.17) is 0 Å². The summed E-state index contributed by atoms with van der Waals surface area (Å²) in [4.78, 5) is 0. The molecule has 0 bridgehead atoms. The van der Waals surface area contributed by atoms with E-state index >= 15 is 0 Å². The number of benzene rings is 11. The molecule has 0 saturated carbocycles. The lowest BCUT2D eigenvalue weighted by Crippen LogP contribution is -2.17. The Kier molecular flexibility index (Phi) is 7.82. The molecule has 0 unspecified atom stereocenters. The summed E-state index contributed by atoms with van der Waals surface area (Å²) >= 11 is 0. The third kappa shape index (κ3) is 4.93. The van der Waals surface area contributed by atoms with Crippen LogP contribution in [0.4, 0.5) is 0 Å². The highest BCUT2D eigenvalue weighted by Crippen LogP contribution is 2.50. The Labute approximate surface area is 400 Å². The van der Waals surface area contributed by atoms with Crippen LogP contribution in [0.5, 0.6) is 0 Å². The minimum absolute atomic E-state index is 0.430. The van der Waals surface area contributed by atoms with Gasteiger partial charge in [-0.2, -0.15) is 10.5 Å². The van der Waals surface area contributed by atoms with Crippen LogP contribution in [0.2, 0.25) is 0 Å². The van der Waals surface area contributed by atoms with Gasteiger partial charge in [-0.15, -0.1) is 0 Å². The summed E-state index contributed by atoms with van der Waals surface area (Å²) in [6.07, 6.45) is 0. The molecule has 0 fully saturated rings. The highest BCUT2D eigenvalue weighted by Gasteiger charge is 2.35. The molecule has 6 heteroatoms. The highest BCUT2D eigenvalue weighted by atomic mass is 15.1. The fraction of sp³-hybridized carbons (Fsp3) is 0. The number of hydrogen-bond donors (Lipinski definition) is 0. The van der Waals surface area contributed by atoms with Gasteiger partial charge in [-0.3, -0.25) is 0 Å². The van der Waals surface area contributed by atoms with Gasteiger partial charge >= 0.3 is 0 Å². The first-order chi connectivity index (χ1) is 34.7. The molecule has 0 radical (unpaired) electrons. The predicted octanol–water partition coefficient (Wildman–Crippen LogP) is 16.1. The Hall–Kier alpha value is -9.88. The summed E-state index contributed by atoms with van der Waals surface area (Å²) in [5.41, 5.74) is 10.9. The van der Waals surface area contributed by atoms with Crippen LogP contribution >= 0.6 is 0 Å². The van der Waals surface area contributed by atoms with Crippen molar-refractivity contribution < 1.29 is 0 Å². The molecular weight excluding hydrogens is 853 g/mol. The van der Waals surface area contributed by atoms with Crippen LogP contribution in [0, 0.1) is 22.7 Å². The molecule has 0 aliphatic heterocycles. The second-order valence-electron chi connectivity index (χ2n) is 18.2. The molecule has 0 aliphatic carbocycles. The topological polar surface area (TPSA) is 67.3 Å². The normalized spacial score (nSPS) is 12.0. The SMILES string of the molecule is N#Cc1c(-n2c3ccccc3c3ccccc32)c(-n2c3ccccc3c3ccc4ccccc4c32)c(C#N)c(-n2c3ccccc3c3ccccc32)c1-n1c2ccccc2c2ccc3ccccc3c21. The molecule has 15 rings (SSSR count). The second-order valence-corrected chi connectivity index (χ2v) is 18.2. The molecule has 6 nitrogen and oxygen atoms in total. The maximum Gasteiger partial charge on any atom is 0.104 e. The lowest BCUT2D eigenvalue weighted by Gasteiger charge is -2.27. The van der Waals surface area contributed by atoms with Crippen LogP contribution in [0.3, 0.4) is 0 Å². The Bertz CT molecular complexity index is 4450. The van der Waals surface area contributed by atoms with Gasteiger partial charge < -0.3 is 18.3 Å². The fourth-order valence-corrected chi connectivity index (χ4v) is 12.0. The quantitative estimate of drug-likeness (QED) is 0.177. The monoisotopic (exact) mass is 888 g/mol. The lowest BCUT2D eigenvalue weighted by molar-refractivity contribution is 1.03. The molecule has 0 atom stereocenters. The summed E-state index contributed by atoms with van der Waals surface area (Å²) in [5, 5.41) is 38.0. The van der Waals surface area contributed by atoms with Gasteiger partial charge in [0.1, 0.15) is 23.3 Å². The van der Waals surface area contributed by atoms with Gasteiger partial charge in [-0.25, -0.2) is 0 Å². The largest absolute Gasteiger partial charge is 0.306 e. The van der Waals surface area contributed by atoms with Crippen molar-refractivity contribution in [3.8, 4) is 34.9 Å². The van der Waals surface area contributed by atoms with E-state index in [-0.39, 0.29) is 0 Å². The van der Waals surface area contributed by atoms with Gasteiger partial charge in [0.25, 0.3) is 0 Å². The van der Waals surface area contributed by atoms with Crippen LogP contribution in [0.15, 0.2) is 218 Å². The molecule has 0 saturated heterocycles. The van der Waals surface area contributed by atoms with Crippen molar-refractivity contribution in [2.24, 2.45) is 0 Å². The average molecular weight is 889 g/mol. The van der Waals surface area contributed by atoms with E-state index in [1.807, 2.05) is 0 Å². The van der Waals surface area contributed by atoms with Gasteiger partial charge in [-0.1, -0.05) is 182 Å². The number of hydrogen-bond acceptors (Lipinski definition) is 2. The summed E-state index contributed by atoms with van der Waals surface area (Å²) < 4.78 is 9.12. The van der Waals surface area contributed by atoms with Crippen molar-refractivity contribution in [2.75, 3.05) is 0 Å². The molecule has 4 aromatic heterocycles. The van der Waals surface area contributed by atoms with Gasteiger partial charge in [-0.05, 0) is 47.2 Å². The lowest BCUT2D eigenvalue weighted by atomic mass is 9.98. The Morgan fingerprint density at radius 3 is 0.786 bits per heavy atom. The number of para-hydroxylation sites is 6. The zero-order valence-electron chi connectivity index (χ0n) is 37.5. The van der Waals surface area contributed by atoms with Gasteiger partial charge in [0, 0.05) is 53.9 Å². The molecule has 322 valence electrons. The smallest absolute Gasteiger partial charge is 0.104 e. The number of fused-ring (bicyclic) bond motifs is 16. The van der Waals surface area contributed by atoms with E-state index in [0.717, 1.165) is 109 Å². The Balaban J connectivity index is 1.31. The van der Waals surface area contributed by atoms with Crippen molar-refractivity contribution >= 4 is 109 Å². The zero-order chi connectivity index (χ0) is 46.2. The van der Waals surface area contributed by atoms with E-state index < -0.39 is 0 Å². The fourth-order valence-electron chi connectivity index (χ4n) is 12.0. The van der Waals surface area contributed by atoms with Gasteiger partial charge in [0.05, 0.1) is 66.9 Å². The summed E-state index contributed by atoms with van der Waals surface area (Å²) in [6, 6.07) is 82.4. The van der Waals surface area contributed by atoms with Crippen LogP contribution in [0.25, 0.3) is 132 Å². The van der Waals surface area contributed by atoms with E-state index in [1.165, 1.54) is 0 Å². The predicted molar refractivity (Wildman–Crippen MR) is 288 cm³/mol. The number of nitriles is 2. The van der Waals surface area contributed by atoms with Crippen LogP contribution in [0.1, 0.15) is 11.1 Å². The summed E-state index contributed by atoms with van der Waals surface area (Å²) in [5.74, 6) is 0. The van der Waals surface area contributed by atoms with Crippen LogP contribution < -0.4 is 0 Å². The highest BCUT2D eigenvalue weighted by molar-refractivity contribution is 6.22. The van der Waals surface area contributed by atoms with E-state index in [1.54, 1.807) is 0 Å². The first-order valence-corrected chi connectivity index (χ1v) is 23.6. The standard InChI is InChI=1S/C64H36N6/c65-37-51-62(68-55-29-13-7-23-45(55)46-24-8-14-30-56(46)68)64(70-58-32-16-10-26-48(58)50-36-34-40-18-2-4-20-42(40)60(50)70)52(38-66)61(67-53-27-11-5-21-43(53)44-22-6-12-28-54(44)67)63(51)69-57-31-15-9-25-47(57)49-35-33-39-17-1-3-19-41(39)59(49)69/h1-36H. The Morgan fingerprint density at radius 1 is 0.229 bits per heavy atom. The van der Waals surface area contributed by atoms with Crippen molar-refractivity contribution in [1.29, 1.82) is 10.5 Å². The van der Waals surface area contributed by atoms with Crippen LogP contribution in [-0.4, -0.2) is 18.3 Å². The van der Waals surface area contributed by atoms with E-state index in [2.05, 4.69) is 249 Å². The molecular formula is C64H36N6. The van der Waals surface area contributed by atoms with Crippen molar-refractivity contribution in [3.63, 3.8) is 0 Å². The molecule has 11 aromatic carbocycles. The molecule has 15 aromatic rings.